The maximum absolute atomic E-state index is 13.0. The number of anilines is 1. The summed E-state index contributed by atoms with van der Waals surface area (Å²) in [6.07, 6.45) is 7.58. The molecule has 0 unspecified atom stereocenters. The lowest BCUT2D eigenvalue weighted by atomic mass is 9.86. The van der Waals surface area contributed by atoms with Gasteiger partial charge in [0.2, 0.25) is 0 Å². The van der Waals surface area contributed by atoms with Crippen molar-refractivity contribution in [2.75, 3.05) is 38.3 Å². The Bertz CT molecular complexity index is 477. The maximum atomic E-state index is 13.0. The van der Waals surface area contributed by atoms with Crippen LogP contribution in [0.1, 0.15) is 38.5 Å². The van der Waals surface area contributed by atoms with E-state index in [1.807, 2.05) is 19.2 Å². The molecular weight excluding hydrogens is 291 g/mol. The van der Waals surface area contributed by atoms with Crippen molar-refractivity contribution in [3.05, 3.63) is 30.1 Å². The molecule has 0 spiro atoms. The highest BCUT2D eigenvalue weighted by atomic mass is 19.1. The summed E-state index contributed by atoms with van der Waals surface area (Å²) in [6, 6.07) is 7.47. The Morgan fingerprint density at radius 1 is 1.17 bits per heavy atom. The quantitative estimate of drug-likeness (QED) is 0.867. The van der Waals surface area contributed by atoms with Crippen LogP contribution >= 0.6 is 0 Å². The van der Waals surface area contributed by atoms with Crippen LogP contribution in [0.3, 0.4) is 0 Å². The van der Waals surface area contributed by atoms with Gasteiger partial charge in [-0.25, -0.2) is 4.39 Å². The molecule has 1 saturated heterocycles. The van der Waals surface area contributed by atoms with E-state index >= 15 is 0 Å². The van der Waals surface area contributed by atoms with E-state index in [0.29, 0.717) is 11.5 Å². The van der Waals surface area contributed by atoms with Gasteiger partial charge in [-0.1, -0.05) is 12.8 Å². The molecule has 1 aromatic carbocycles. The van der Waals surface area contributed by atoms with Gasteiger partial charge in [0.25, 0.3) is 0 Å². The average Bonchev–Trinajstić information content (AvgIpc) is 3.04. The minimum Gasteiger partial charge on any atom is -0.384 e. The van der Waals surface area contributed by atoms with Crippen LogP contribution in [-0.4, -0.2) is 39.4 Å². The summed E-state index contributed by atoms with van der Waals surface area (Å²) in [6.45, 7) is 4.05. The van der Waals surface area contributed by atoms with Gasteiger partial charge in [0.1, 0.15) is 5.82 Å². The topological polar surface area (TPSA) is 24.5 Å². The fourth-order valence-electron chi connectivity index (χ4n) is 4.16. The van der Waals surface area contributed by atoms with Crippen molar-refractivity contribution < 1.29 is 9.13 Å². The van der Waals surface area contributed by atoms with Crippen molar-refractivity contribution in [2.24, 2.45) is 5.41 Å². The first-order valence-electron chi connectivity index (χ1n) is 8.94. The molecule has 1 saturated carbocycles. The lowest BCUT2D eigenvalue weighted by molar-refractivity contribution is 0.0795. The lowest BCUT2D eigenvalue weighted by Crippen LogP contribution is -2.46. The van der Waals surface area contributed by atoms with E-state index in [-0.39, 0.29) is 5.82 Å². The predicted molar refractivity (Wildman–Crippen MR) is 92.4 cm³/mol. The van der Waals surface area contributed by atoms with Crippen LogP contribution < -0.4 is 10.2 Å². The molecule has 2 aliphatic rings. The first-order chi connectivity index (χ1) is 11.2. The zero-order chi connectivity index (χ0) is 16.1. The number of methoxy groups -OCH3 is 1. The van der Waals surface area contributed by atoms with E-state index in [4.69, 9.17) is 4.74 Å². The smallest absolute Gasteiger partial charge is 0.123 e. The van der Waals surface area contributed by atoms with Gasteiger partial charge < -0.3 is 15.0 Å². The molecular formula is C19H29FN2O. The fraction of sp³-hybridized carbons (Fsp3) is 0.684. The Morgan fingerprint density at radius 2 is 1.83 bits per heavy atom. The zero-order valence-corrected chi connectivity index (χ0v) is 14.2. The highest BCUT2D eigenvalue weighted by Crippen LogP contribution is 2.38. The molecule has 0 aromatic heterocycles. The third-order valence-corrected chi connectivity index (χ3v) is 5.57. The van der Waals surface area contributed by atoms with Crippen molar-refractivity contribution in [3.63, 3.8) is 0 Å². The molecule has 3 nitrogen and oxygen atoms in total. The first-order valence-corrected chi connectivity index (χ1v) is 8.94. The van der Waals surface area contributed by atoms with Gasteiger partial charge in [0.15, 0.2) is 0 Å². The van der Waals surface area contributed by atoms with Gasteiger partial charge in [0, 0.05) is 43.9 Å². The molecule has 0 atom stereocenters. The van der Waals surface area contributed by atoms with E-state index in [1.54, 1.807) is 12.1 Å². The number of hydrogen-bond donors (Lipinski definition) is 1. The van der Waals surface area contributed by atoms with Crippen molar-refractivity contribution in [1.82, 2.24) is 5.32 Å². The number of hydrogen-bond acceptors (Lipinski definition) is 3. The molecule has 1 aliphatic heterocycles. The third-order valence-electron chi connectivity index (χ3n) is 5.57. The molecule has 0 radical (unpaired) electrons. The summed E-state index contributed by atoms with van der Waals surface area (Å²) >= 11 is 0. The van der Waals surface area contributed by atoms with Crippen LogP contribution in [0.2, 0.25) is 0 Å². The first kappa shape index (κ1) is 16.7. The van der Waals surface area contributed by atoms with E-state index < -0.39 is 0 Å². The number of nitrogens with zero attached hydrogens (tertiary/aromatic N) is 1. The normalized spacial score (nSPS) is 21.7. The SMILES string of the molecule is COCC1(CNC2CCN(c3ccc(F)cc3)CC2)CCCC1. The molecule has 0 amide bonds. The molecule has 2 fully saturated rings. The largest absolute Gasteiger partial charge is 0.384 e. The van der Waals surface area contributed by atoms with Gasteiger partial charge in [-0.2, -0.15) is 0 Å². The number of nitrogens with one attached hydrogen (secondary N) is 1. The van der Waals surface area contributed by atoms with Crippen LogP contribution in [0.5, 0.6) is 0 Å². The third kappa shape index (κ3) is 4.24. The monoisotopic (exact) mass is 320 g/mol. The van der Waals surface area contributed by atoms with Crippen molar-refractivity contribution in [2.45, 2.75) is 44.6 Å². The van der Waals surface area contributed by atoms with Gasteiger partial charge in [-0.15, -0.1) is 0 Å². The van der Waals surface area contributed by atoms with Crippen LogP contribution in [0, 0.1) is 11.2 Å². The lowest BCUT2D eigenvalue weighted by Gasteiger charge is -2.36. The number of halogens is 1. The zero-order valence-electron chi connectivity index (χ0n) is 14.2. The number of benzene rings is 1. The minimum atomic E-state index is -0.162. The number of piperidine rings is 1. The Kier molecular flexibility index (Phi) is 5.54. The second-order valence-corrected chi connectivity index (χ2v) is 7.26. The molecule has 3 rings (SSSR count). The van der Waals surface area contributed by atoms with E-state index in [0.717, 1.165) is 44.8 Å². The van der Waals surface area contributed by atoms with Crippen molar-refractivity contribution in [3.8, 4) is 0 Å². The van der Waals surface area contributed by atoms with Gasteiger partial charge in [-0.3, -0.25) is 0 Å². The van der Waals surface area contributed by atoms with Crippen LogP contribution in [0.25, 0.3) is 0 Å². The Labute approximate surface area is 139 Å². The van der Waals surface area contributed by atoms with Gasteiger partial charge >= 0.3 is 0 Å². The van der Waals surface area contributed by atoms with Crippen LogP contribution in [-0.2, 0) is 4.74 Å². The summed E-state index contributed by atoms with van der Waals surface area (Å²) in [7, 11) is 1.82. The predicted octanol–water partition coefficient (Wildman–Crippen LogP) is 3.59. The molecule has 4 heteroatoms. The maximum Gasteiger partial charge on any atom is 0.123 e. The van der Waals surface area contributed by atoms with Crippen LogP contribution in [0.4, 0.5) is 10.1 Å². The summed E-state index contributed by atoms with van der Waals surface area (Å²) in [5.74, 6) is -0.162. The summed E-state index contributed by atoms with van der Waals surface area (Å²) < 4.78 is 18.5. The molecule has 1 heterocycles. The van der Waals surface area contributed by atoms with Crippen molar-refractivity contribution in [1.29, 1.82) is 0 Å². The second kappa shape index (κ2) is 7.63. The van der Waals surface area contributed by atoms with Crippen LogP contribution in [0.15, 0.2) is 24.3 Å². The summed E-state index contributed by atoms with van der Waals surface area (Å²) in [5, 5.41) is 3.80. The summed E-state index contributed by atoms with van der Waals surface area (Å²) in [4.78, 5) is 2.36. The van der Waals surface area contributed by atoms with E-state index in [1.165, 1.54) is 25.7 Å². The van der Waals surface area contributed by atoms with Crippen molar-refractivity contribution >= 4 is 5.69 Å². The molecule has 0 bridgehead atoms. The number of rotatable bonds is 6. The Hall–Kier alpha value is -1.13. The molecule has 1 N–H and O–H groups in total. The van der Waals surface area contributed by atoms with Gasteiger partial charge in [-0.05, 0) is 49.9 Å². The van der Waals surface area contributed by atoms with E-state index in [9.17, 15) is 4.39 Å². The molecule has 1 aromatic rings. The Morgan fingerprint density at radius 3 is 2.43 bits per heavy atom. The molecule has 23 heavy (non-hydrogen) atoms. The van der Waals surface area contributed by atoms with E-state index in [2.05, 4.69) is 10.2 Å². The second-order valence-electron chi connectivity index (χ2n) is 7.26. The number of ether oxygens (including phenoxy) is 1. The molecule has 1 aliphatic carbocycles. The fourth-order valence-corrected chi connectivity index (χ4v) is 4.16. The molecule has 128 valence electrons. The highest BCUT2D eigenvalue weighted by molar-refractivity contribution is 5.46. The van der Waals surface area contributed by atoms with Gasteiger partial charge in [0.05, 0.1) is 6.61 Å². The minimum absolute atomic E-state index is 0.162. The summed E-state index contributed by atoms with van der Waals surface area (Å²) in [5.41, 5.74) is 1.50. The Balaban J connectivity index is 1.46. The average molecular weight is 320 g/mol. The highest BCUT2D eigenvalue weighted by Gasteiger charge is 2.34. The standard InChI is InChI=1S/C19H29FN2O/c1-23-15-19(10-2-3-11-19)14-21-17-8-12-22(13-9-17)18-6-4-16(20)5-7-18/h4-7,17,21H,2-3,8-15H2,1H3.